The Balaban J connectivity index is 1.72. The highest BCUT2D eigenvalue weighted by atomic mass is 32.2. The first kappa shape index (κ1) is 20.7. The number of rotatable bonds is 10. The monoisotopic (exact) mass is 397 g/mol. The molecule has 0 aliphatic carbocycles. The summed E-state index contributed by atoms with van der Waals surface area (Å²) in [5.74, 6) is 1.19. The van der Waals surface area contributed by atoms with Gasteiger partial charge < -0.3 is 19.2 Å². The molecular weight excluding hydrogens is 374 g/mol. The smallest absolute Gasteiger partial charge is 0.335 e. The van der Waals surface area contributed by atoms with Crippen LogP contribution in [0.3, 0.4) is 0 Å². The molecule has 27 heavy (non-hydrogen) atoms. The zero-order valence-corrected chi connectivity index (χ0v) is 16.3. The molecule has 1 heterocycles. The molecular formula is C17H23N3O6S. The van der Waals surface area contributed by atoms with Crippen LogP contribution in [0.2, 0.25) is 0 Å². The molecule has 148 valence electrons. The van der Waals surface area contributed by atoms with E-state index >= 15 is 0 Å². The second-order valence-electron chi connectivity index (χ2n) is 5.90. The molecule has 10 heteroatoms. The number of benzene rings is 1. The SMILES string of the molecule is COc1cc(OC)cc(C(=O)NCCCCCc2nnc(S(C)(=O)=O)o2)c1. The van der Waals surface area contributed by atoms with Gasteiger partial charge in [-0.1, -0.05) is 11.5 Å². The number of hydrogen-bond donors (Lipinski definition) is 1. The fourth-order valence-electron chi connectivity index (χ4n) is 2.31. The standard InChI is InChI=1S/C17H23N3O6S/c1-24-13-9-12(10-14(11-13)25-2)16(21)18-8-6-4-5-7-15-19-20-17(26-15)27(3,22)23/h9-11H,4-8H2,1-3H3,(H,18,21). The van der Waals surface area contributed by atoms with Crippen LogP contribution in [0.4, 0.5) is 0 Å². The van der Waals surface area contributed by atoms with E-state index in [-0.39, 0.29) is 11.1 Å². The number of nitrogens with zero attached hydrogens (tertiary/aromatic N) is 2. The summed E-state index contributed by atoms with van der Waals surface area (Å²) in [6.07, 6.45) is 3.83. The van der Waals surface area contributed by atoms with Crippen LogP contribution in [0.15, 0.2) is 27.8 Å². The van der Waals surface area contributed by atoms with Gasteiger partial charge in [-0.3, -0.25) is 4.79 Å². The van der Waals surface area contributed by atoms with Gasteiger partial charge in [0.05, 0.1) is 14.2 Å². The lowest BCUT2D eigenvalue weighted by atomic mass is 10.1. The zero-order chi connectivity index (χ0) is 19.9. The largest absolute Gasteiger partial charge is 0.497 e. The minimum absolute atomic E-state index is 0.207. The molecule has 0 aliphatic rings. The fourth-order valence-corrected chi connectivity index (χ4v) is 2.75. The van der Waals surface area contributed by atoms with E-state index in [1.54, 1.807) is 18.2 Å². The third-order valence-electron chi connectivity index (χ3n) is 3.73. The second-order valence-corrected chi connectivity index (χ2v) is 7.80. The average molecular weight is 397 g/mol. The van der Waals surface area contributed by atoms with Crippen molar-refractivity contribution in [3.05, 3.63) is 29.7 Å². The Morgan fingerprint density at radius 1 is 1.07 bits per heavy atom. The van der Waals surface area contributed by atoms with Gasteiger partial charge in [-0.2, -0.15) is 0 Å². The van der Waals surface area contributed by atoms with Gasteiger partial charge in [0.1, 0.15) is 11.5 Å². The van der Waals surface area contributed by atoms with Crippen molar-refractivity contribution < 1.29 is 27.1 Å². The van der Waals surface area contributed by atoms with Gasteiger partial charge in [0.2, 0.25) is 15.7 Å². The highest BCUT2D eigenvalue weighted by molar-refractivity contribution is 7.90. The van der Waals surface area contributed by atoms with E-state index in [1.807, 2.05) is 0 Å². The van der Waals surface area contributed by atoms with Crippen molar-refractivity contribution in [2.75, 3.05) is 27.0 Å². The maximum atomic E-state index is 12.2. The summed E-state index contributed by atoms with van der Waals surface area (Å²) in [6, 6.07) is 4.99. The first-order valence-corrected chi connectivity index (χ1v) is 10.3. The van der Waals surface area contributed by atoms with E-state index < -0.39 is 9.84 Å². The van der Waals surface area contributed by atoms with Crippen molar-refractivity contribution in [3.63, 3.8) is 0 Å². The lowest BCUT2D eigenvalue weighted by molar-refractivity contribution is 0.0952. The topological polar surface area (TPSA) is 121 Å². The highest BCUT2D eigenvalue weighted by Gasteiger charge is 2.16. The molecule has 1 aromatic heterocycles. The Bertz CT molecular complexity index is 856. The Hall–Kier alpha value is -2.62. The fraction of sp³-hybridized carbons (Fsp3) is 0.471. The van der Waals surface area contributed by atoms with Gasteiger partial charge in [-0.25, -0.2) is 8.42 Å². The van der Waals surface area contributed by atoms with Crippen LogP contribution >= 0.6 is 0 Å². The zero-order valence-electron chi connectivity index (χ0n) is 15.5. The number of ether oxygens (including phenoxy) is 2. The Labute approximate surface area is 158 Å². The molecule has 1 N–H and O–H groups in total. The van der Waals surface area contributed by atoms with Crippen molar-refractivity contribution in [2.24, 2.45) is 0 Å². The second kappa shape index (κ2) is 9.36. The summed E-state index contributed by atoms with van der Waals surface area (Å²) >= 11 is 0. The molecule has 2 aromatic rings. The molecule has 0 atom stereocenters. The van der Waals surface area contributed by atoms with E-state index in [4.69, 9.17) is 13.9 Å². The van der Waals surface area contributed by atoms with Crippen LogP contribution in [-0.2, 0) is 16.3 Å². The number of aryl methyl sites for hydroxylation is 1. The molecule has 0 spiro atoms. The molecule has 0 aliphatic heterocycles. The molecule has 0 radical (unpaired) electrons. The Morgan fingerprint density at radius 2 is 1.74 bits per heavy atom. The molecule has 1 aromatic carbocycles. The first-order valence-electron chi connectivity index (χ1n) is 8.37. The normalized spacial score (nSPS) is 11.2. The van der Waals surface area contributed by atoms with E-state index in [2.05, 4.69) is 15.5 Å². The predicted octanol–water partition coefficient (Wildman–Crippen LogP) is 1.63. The summed E-state index contributed by atoms with van der Waals surface area (Å²) in [6.45, 7) is 0.511. The van der Waals surface area contributed by atoms with Crippen molar-refractivity contribution in [1.82, 2.24) is 15.5 Å². The quantitative estimate of drug-likeness (QED) is 0.601. The van der Waals surface area contributed by atoms with E-state index in [0.29, 0.717) is 35.9 Å². The Morgan fingerprint density at radius 3 is 2.30 bits per heavy atom. The van der Waals surface area contributed by atoms with Crippen molar-refractivity contribution >= 4 is 15.7 Å². The van der Waals surface area contributed by atoms with Crippen molar-refractivity contribution in [2.45, 2.75) is 30.9 Å². The average Bonchev–Trinajstić information content (AvgIpc) is 3.13. The minimum atomic E-state index is -3.47. The molecule has 0 fully saturated rings. The van der Waals surface area contributed by atoms with E-state index in [1.165, 1.54) is 14.2 Å². The van der Waals surface area contributed by atoms with Crippen LogP contribution in [0.1, 0.15) is 35.5 Å². The van der Waals surface area contributed by atoms with Crippen molar-refractivity contribution in [1.29, 1.82) is 0 Å². The molecule has 0 saturated heterocycles. The van der Waals surface area contributed by atoms with Crippen LogP contribution in [0.5, 0.6) is 11.5 Å². The number of amides is 1. The van der Waals surface area contributed by atoms with Crippen LogP contribution in [0, 0.1) is 0 Å². The van der Waals surface area contributed by atoms with Crippen LogP contribution in [0.25, 0.3) is 0 Å². The molecule has 1 amide bonds. The molecule has 9 nitrogen and oxygen atoms in total. The highest BCUT2D eigenvalue weighted by Crippen LogP contribution is 2.22. The van der Waals surface area contributed by atoms with Gasteiger partial charge in [0.15, 0.2) is 0 Å². The summed E-state index contributed by atoms with van der Waals surface area (Å²) in [4.78, 5) is 12.2. The third kappa shape index (κ3) is 6.24. The number of unbranched alkanes of at least 4 members (excludes halogenated alkanes) is 2. The van der Waals surface area contributed by atoms with Crippen LogP contribution in [-0.4, -0.2) is 51.5 Å². The number of carbonyl (C=O) groups excluding carboxylic acids is 1. The summed E-state index contributed by atoms with van der Waals surface area (Å²) in [7, 11) is -0.420. The maximum Gasteiger partial charge on any atom is 0.335 e. The van der Waals surface area contributed by atoms with E-state index in [9.17, 15) is 13.2 Å². The first-order chi connectivity index (χ1) is 12.8. The molecule has 0 unspecified atom stereocenters. The lowest BCUT2D eigenvalue weighted by Crippen LogP contribution is -2.24. The van der Waals surface area contributed by atoms with Crippen molar-refractivity contribution in [3.8, 4) is 11.5 Å². The molecule has 0 saturated carbocycles. The van der Waals surface area contributed by atoms with Gasteiger partial charge in [0.25, 0.3) is 5.91 Å². The number of nitrogens with one attached hydrogen (secondary N) is 1. The minimum Gasteiger partial charge on any atom is -0.497 e. The third-order valence-corrected chi connectivity index (χ3v) is 4.53. The number of hydrogen-bond acceptors (Lipinski definition) is 8. The summed E-state index contributed by atoms with van der Waals surface area (Å²) < 4.78 is 37.9. The number of aromatic nitrogens is 2. The predicted molar refractivity (Wildman–Crippen MR) is 96.8 cm³/mol. The van der Waals surface area contributed by atoms with Gasteiger partial charge >= 0.3 is 5.22 Å². The number of sulfone groups is 1. The number of methoxy groups -OCH3 is 2. The molecule has 2 rings (SSSR count). The maximum absolute atomic E-state index is 12.2. The van der Waals surface area contributed by atoms with Crippen LogP contribution < -0.4 is 14.8 Å². The lowest BCUT2D eigenvalue weighted by Gasteiger charge is -2.09. The van der Waals surface area contributed by atoms with Gasteiger partial charge in [0, 0.05) is 30.9 Å². The number of carbonyl (C=O) groups is 1. The van der Waals surface area contributed by atoms with Gasteiger partial charge in [-0.05, 0) is 25.0 Å². The molecule has 0 bridgehead atoms. The van der Waals surface area contributed by atoms with Gasteiger partial charge in [-0.15, -0.1) is 5.10 Å². The Kier molecular flexibility index (Phi) is 7.17. The summed E-state index contributed by atoms with van der Waals surface area (Å²) in [5.41, 5.74) is 0.463. The van der Waals surface area contributed by atoms with E-state index in [0.717, 1.165) is 25.5 Å². The summed E-state index contributed by atoms with van der Waals surface area (Å²) in [5, 5.41) is 9.70.